The Hall–Kier alpha value is -0.500. The van der Waals surface area contributed by atoms with E-state index in [1.165, 1.54) is 0 Å². The third-order valence-electron chi connectivity index (χ3n) is 1.14. The Labute approximate surface area is 63.1 Å². The highest BCUT2D eigenvalue weighted by molar-refractivity contribution is 9.09. The van der Waals surface area contributed by atoms with Crippen molar-refractivity contribution in [3.63, 3.8) is 0 Å². The molecule has 0 saturated heterocycles. The van der Waals surface area contributed by atoms with E-state index in [1.54, 1.807) is 6.08 Å². The highest BCUT2D eigenvalue weighted by atomic mass is 79.9. The van der Waals surface area contributed by atoms with Gasteiger partial charge in [0.1, 0.15) is 0 Å². The summed E-state index contributed by atoms with van der Waals surface area (Å²) in [6, 6.07) is 0. The third-order valence-corrected chi connectivity index (χ3v) is 1.74. The van der Waals surface area contributed by atoms with Crippen LogP contribution in [0, 0.1) is 6.42 Å². The summed E-state index contributed by atoms with van der Waals surface area (Å²) in [5.41, 5.74) is 1.28. The summed E-state index contributed by atoms with van der Waals surface area (Å²) in [6.45, 7) is 0. The van der Waals surface area contributed by atoms with Crippen molar-refractivity contribution in [1.82, 2.24) is 0 Å². The molecule has 1 aliphatic rings. The summed E-state index contributed by atoms with van der Waals surface area (Å²) in [4.78, 5) is 0. The molecule has 0 aromatic carbocycles. The molecule has 0 fully saturated rings. The predicted octanol–water partition coefficient (Wildman–Crippen LogP) is 2.09. The minimum atomic E-state index is 0.356. The van der Waals surface area contributed by atoms with Crippen molar-refractivity contribution >= 4 is 21.6 Å². The Balaban J connectivity index is 2.71. The average molecular weight is 184 g/mol. The minimum absolute atomic E-state index is 0.356. The molecule has 0 unspecified atom stereocenters. The number of alkyl halides is 1. The van der Waals surface area contributed by atoms with E-state index in [-0.39, 0.29) is 0 Å². The van der Waals surface area contributed by atoms with Gasteiger partial charge >= 0.3 is 0 Å². The Morgan fingerprint density at radius 3 is 2.89 bits per heavy atom. The standard InChI is InChI=1S/C7H6BrN/c8-5-6-3-1-2-4-7(6)9/h1-4H,5H2. The van der Waals surface area contributed by atoms with E-state index < -0.39 is 0 Å². The fourth-order valence-electron chi connectivity index (χ4n) is 0.624. The molecule has 9 heavy (non-hydrogen) atoms. The topological polar surface area (TPSA) is 22.3 Å². The molecule has 0 aromatic heterocycles. The molecule has 0 N–H and O–H groups in total. The lowest BCUT2D eigenvalue weighted by atomic mass is 10.1. The van der Waals surface area contributed by atoms with Crippen LogP contribution >= 0.6 is 15.9 Å². The van der Waals surface area contributed by atoms with E-state index in [4.69, 9.17) is 5.41 Å². The van der Waals surface area contributed by atoms with Crippen molar-refractivity contribution < 1.29 is 0 Å². The zero-order valence-corrected chi connectivity index (χ0v) is 6.43. The molecule has 0 spiro atoms. The zero-order chi connectivity index (χ0) is 6.69. The fraction of sp³-hybridized carbons (Fsp3) is 0.143. The molecule has 2 heteroatoms. The largest absolute Gasteiger partial charge is 0.779 e. The summed E-state index contributed by atoms with van der Waals surface area (Å²) in [5.74, 6) is 0. The van der Waals surface area contributed by atoms with Crippen LogP contribution in [0.15, 0.2) is 23.8 Å². The number of allylic oxidation sites excluding steroid dienone is 4. The molecule has 46 valence electrons. The van der Waals surface area contributed by atoms with Crippen LogP contribution in [0.2, 0.25) is 0 Å². The van der Waals surface area contributed by atoms with Crippen molar-refractivity contribution in [3.05, 3.63) is 35.6 Å². The maximum atomic E-state index is 9.08. The lowest BCUT2D eigenvalue weighted by molar-refractivity contribution is 1.56. The molecule has 0 atom stereocenters. The van der Waals surface area contributed by atoms with Crippen molar-refractivity contribution in [2.24, 2.45) is 0 Å². The van der Waals surface area contributed by atoms with Gasteiger partial charge < -0.3 is 5.41 Å². The zero-order valence-electron chi connectivity index (χ0n) is 4.84. The highest BCUT2D eigenvalue weighted by Gasteiger charge is 2.03. The summed E-state index contributed by atoms with van der Waals surface area (Å²) in [7, 11) is 0. The Morgan fingerprint density at radius 1 is 1.67 bits per heavy atom. The first kappa shape index (κ1) is 6.62. The summed E-state index contributed by atoms with van der Waals surface area (Å²) in [6.07, 6.45) is 7.26. The highest BCUT2D eigenvalue weighted by Crippen LogP contribution is 2.09. The number of hydrogen-bond acceptors (Lipinski definition) is 0. The SMILES string of the molecule is [N-]=C1C=C[CH+]C=C1CBr. The van der Waals surface area contributed by atoms with Gasteiger partial charge in [-0.2, -0.15) is 0 Å². The lowest BCUT2D eigenvalue weighted by Gasteiger charge is -2.03. The summed E-state index contributed by atoms with van der Waals surface area (Å²) < 4.78 is 0. The molecule has 0 heterocycles. The van der Waals surface area contributed by atoms with Crippen LogP contribution in [0.25, 0.3) is 5.41 Å². The van der Waals surface area contributed by atoms with Gasteiger partial charge in [0.25, 0.3) is 0 Å². The molecule has 0 bridgehead atoms. The first-order chi connectivity index (χ1) is 4.34. The molecule has 1 nitrogen and oxygen atoms in total. The molecule has 0 aliphatic heterocycles. The van der Waals surface area contributed by atoms with Crippen molar-refractivity contribution in [2.75, 3.05) is 5.33 Å². The third kappa shape index (κ3) is 1.45. The van der Waals surface area contributed by atoms with Crippen molar-refractivity contribution in [1.29, 1.82) is 0 Å². The predicted molar refractivity (Wildman–Crippen MR) is 43.7 cm³/mol. The van der Waals surface area contributed by atoms with Crippen LogP contribution < -0.4 is 0 Å². The number of halogens is 1. The first-order valence-corrected chi connectivity index (χ1v) is 3.79. The van der Waals surface area contributed by atoms with Gasteiger partial charge in [0.15, 0.2) is 0 Å². The van der Waals surface area contributed by atoms with Gasteiger partial charge in [-0.05, 0) is 5.71 Å². The van der Waals surface area contributed by atoms with Gasteiger partial charge in [-0.15, -0.1) is 0 Å². The smallest absolute Gasteiger partial charge is 0.0723 e. The van der Waals surface area contributed by atoms with Gasteiger partial charge in [-0.25, -0.2) is 0 Å². The number of rotatable bonds is 1. The minimum Gasteiger partial charge on any atom is -0.779 e. The maximum absolute atomic E-state index is 9.08. The number of hydrogen-bond donors (Lipinski definition) is 0. The molecule has 1 aliphatic carbocycles. The Bertz CT molecular complexity index is 179. The Morgan fingerprint density at radius 2 is 2.44 bits per heavy atom. The van der Waals surface area contributed by atoms with Crippen molar-refractivity contribution in [2.45, 2.75) is 0 Å². The summed E-state index contributed by atoms with van der Waals surface area (Å²) in [5, 5.41) is 9.79. The Kier molecular flexibility index (Phi) is 2.11. The van der Waals surface area contributed by atoms with E-state index in [9.17, 15) is 0 Å². The van der Waals surface area contributed by atoms with Crippen molar-refractivity contribution in [3.8, 4) is 0 Å². The van der Waals surface area contributed by atoms with Gasteiger partial charge in [0.05, 0.1) is 11.4 Å². The van der Waals surface area contributed by atoms with Gasteiger partial charge in [0, 0.05) is 24.1 Å². The van der Waals surface area contributed by atoms with E-state index in [0.717, 1.165) is 5.57 Å². The van der Waals surface area contributed by atoms with E-state index in [1.807, 2.05) is 18.6 Å². The second-order valence-corrected chi connectivity index (χ2v) is 2.32. The molecule has 0 radical (unpaired) electrons. The van der Waals surface area contributed by atoms with Crippen LogP contribution in [0.1, 0.15) is 0 Å². The van der Waals surface area contributed by atoms with E-state index in [0.29, 0.717) is 11.0 Å². The summed E-state index contributed by atoms with van der Waals surface area (Å²) >= 11 is 3.25. The average Bonchev–Trinajstić information content (AvgIpc) is 1.89. The van der Waals surface area contributed by atoms with Crippen LogP contribution in [0.4, 0.5) is 0 Å². The first-order valence-electron chi connectivity index (χ1n) is 2.67. The molecule has 0 saturated carbocycles. The normalized spacial score (nSPS) is 17.0. The fourth-order valence-corrected chi connectivity index (χ4v) is 1.10. The van der Waals surface area contributed by atoms with Crippen LogP contribution in [0.3, 0.4) is 0 Å². The van der Waals surface area contributed by atoms with E-state index in [2.05, 4.69) is 15.9 Å². The van der Waals surface area contributed by atoms with Crippen LogP contribution in [-0.2, 0) is 0 Å². The molecule has 0 amide bonds. The van der Waals surface area contributed by atoms with Gasteiger partial charge in [-0.1, -0.05) is 15.9 Å². The maximum Gasteiger partial charge on any atom is 0.0723 e. The molecule has 0 aromatic rings. The van der Waals surface area contributed by atoms with E-state index >= 15 is 0 Å². The monoisotopic (exact) mass is 183 g/mol. The second-order valence-electron chi connectivity index (χ2n) is 1.76. The molecular weight excluding hydrogens is 178 g/mol. The van der Waals surface area contributed by atoms with Gasteiger partial charge in [-0.3, -0.25) is 0 Å². The second kappa shape index (κ2) is 2.87. The van der Waals surface area contributed by atoms with Crippen LogP contribution in [0.5, 0.6) is 0 Å². The lowest BCUT2D eigenvalue weighted by Crippen LogP contribution is -2.00. The number of nitrogens with zero attached hydrogens (tertiary/aromatic N) is 1. The van der Waals surface area contributed by atoms with Gasteiger partial charge in [0.2, 0.25) is 0 Å². The van der Waals surface area contributed by atoms with Crippen LogP contribution in [-0.4, -0.2) is 11.0 Å². The molecule has 1 rings (SSSR count). The quantitative estimate of drug-likeness (QED) is 0.439. The molecular formula is C7H6BrN.